The van der Waals surface area contributed by atoms with Crippen LogP contribution in [0.15, 0.2) is 18.2 Å². The first-order chi connectivity index (χ1) is 8.34. The van der Waals surface area contributed by atoms with Gasteiger partial charge in [0.15, 0.2) is 5.75 Å². The van der Waals surface area contributed by atoms with Crippen LogP contribution < -0.4 is 10.1 Å². The van der Waals surface area contributed by atoms with Crippen LogP contribution in [0.2, 0.25) is 0 Å². The number of esters is 1. The van der Waals surface area contributed by atoms with Crippen molar-refractivity contribution >= 4 is 11.7 Å². The van der Waals surface area contributed by atoms with Gasteiger partial charge < -0.3 is 14.8 Å². The van der Waals surface area contributed by atoms with E-state index in [0.717, 1.165) is 31.5 Å². The van der Waals surface area contributed by atoms with Gasteiger partial charge in [-0.05, 0) is 31.4 Å². The molecule has 2 aliphatic rings. The highest BCUT2D eigenvalue weighted by Crippen LogP contribution is 2.33. The molecule has 3 rings (SSSR count). The Morgan fingerprint density at radius 1 is 1.41 bits per heavy atom. The minimum Gasteiger partial charge on any atom is -0.489 e. The fourth-order valence-electron chi connectivity index (χ4n) is 2.03. The maximum atomic E-state index is 12.0. The van der Waals surface area contributed by atoms with Crippen molar-refractivity contribution in [2.75, 3.05) is 18.5 Å². The first-order valence-electron chi connectivity index (χ1n) is 6.05. The van der Waals surface area contributed by atoms with Crippen LogP contribution in [0.1, 0.15) is 29.6 Å². The third-order valence-corrected chi connectivity index (χ3v) is 3.22. The Balaban J connectivity index is 1.83. The second-order valence-corrected chi connectivity index (χ2v) is 4.42. The number of carbonyl (C=O) groups is 1. The number of benzene rings is 1. The smallest absolute Gasteiger partial charge is 0.342 e. The second kappa shape index (κ2) is 4.28. The van der Waals surface area contributed by atoms with Crippen molar-refractivity contribution in [3.63, 3.8) is 0 Å². The Morgan fingerprint density at radius 2 is 2.29 bits per heavy atom. The average Bonchev–Trinajstić information content (AvgIpc) is 2.33. The fourth-order valence-corrected chi connectivity index (χ4v) is 2.03. The number of nitrogens with one attached hydrogen (secondary N) is 1. The van der Waals surface area contributed by atoms with Gasteiger partial charge in [-0.15, -0.1) is 0 Å². The van der Waals surface area contributed by atoms with E-state index in [0.29, 0.717) is 17.9 Å². The summed E-state index contributed by atoms with van der Waals surface area (Å²) < 4.78 is 10.9. The SMILES string of the molecule is O=C(OC1CCC1)c1cccc2c1OCCN2. The molecule has 1 aliphatic heterocycles. The molecule has 1 saturated carbocycles. The van der Waals surface area contributed by atoms with Gasteiger partial charge in [-0.2, -0.15) is 0 Å². The molecule has 4 heteroatoms. The second-order valence-electron chi connectivity index (χ2n) is 4.42. The molecule has 90 valence electrons. The van der Waals surface area contributed by atoms with E-state index < -0.39 is 0 Å². The molecule has 0 amide bonds. The lowest BCUT2D eigenvalue weighted by atomic mass is 9.96. The maximum Gasteiger partial charge on any atom is 0.342 e. The lowest BCUT2D eigenvalue weighted by Crippen LogP contribution is -2.26. The van der Waals surface area contributed by atoms with E-state index in [4.69, 9.17) is 9.47 Å². The van der Waals surface area contributed by atoms with Gasteiger partial charge in [-0.25, -0.2) is 4.79 Å². The largest absolute Gasteiger partial charge is 0.489 e. The Labute approximate surface area is 99.9 Å². The summed E-state index contributed by atoms with van der Waals surface area (Å²) in [6.45, 7) is 1.36. The highest BCUT2D eigenvalue weighted by Gasteiger charge is 2.25. The van der Waals surface area contributed by atoms with Gasteiger partial charge in [-0.3, -0.25) is 0 Å². The van der Waals surface area contributed by atoms with Gasteiger partial charge in [-0.1, -0.05) is 6.07 Å². The standard InChI is InChI=1S/C13H15NO3/c15-13(17-9-3-1-4-9)10-5-2-6-11-12(10)16-8-7-14-11/h2,5-6,9,14H,1,3-4,7-8H2. The predicted octanol–water partition coefficient (Wildman–Crippen LogP) is 2.20. The summed E-state index contributed by atoms with van der Waals surface area (Å²) >= 11 is 0. The van der Waals surface area contributed by atoms with Crippen molar-refractivity contribution in [2.45, 2.75) is 25.4 Å². The average molecular weight is 233 g/mol. The summed E-state index contributed by atoms with van der Waals surface area (Å²) in [5.41, 5.74) is 1.40. The zero-order valence-corrected chi connectivity index (χ0v) is 9.57. The van der Waals surface area contributed by atoms with Crippen molar-refractivity contribution < 1.29 is 14.3 Å². The Morgan fingerprint density at radius 3 is 3.06 bits per heavy atom. The van der Waals surface area contributed by atoms with Gasteiger partial charge in [0.25, 0.3) is 0 Å². The van der Waals surface area contributed by atoms with Crippen LogP contribution in [-0.2, 0) is 4.74 Å². The molecule has 17 heavy (non-hydrogen) atoms. The van der Waals surface area contributed by atoms with E-state index in [2.05, 4.69) is 5.32 Å². The minimum atomic E-state index is -0.268. The maximum absolute atomic E-state index is 12.0. The van der Waals surface area contributed by atoms with Gasteiger partial charge in [0.1, 0.15) is 18.3 Å². The van der Waals surface area contributed by atoms with Crippen molar-refractivity contribution in [3.05, 3.63) is 23.8 Å². The van der Waals surface area contributed by atoms with E-state index >= 15 is 0 Å². The van der Waals surface area contributed by atoms with Gasteiger partial charge in [0.2, 0.25) is 0 Å². The number of para-hydroxylation sites is 1. The molecule has 1 heterocycles. The zero-order chi connectivity index (χ0) is 11.7. The van der Waals surface area contributed by atoms with Crippen molar-refractivity contribution in [2.24, 2.45) is 0 Å². The summed E-state index contributed by atoms with van der Waals surface area (Å²) in [6.07, 6.45) is 3.23. The van der Waals surface area contributed by atoms with Crippen LogP contribution >= 0.6 is 0 Å². The quantitative estimate of drug-likeness (QED) is 0.795. The molecule has 1 aromatic rings. The van der Waals surface area contributed by atoms with Crippen LogP contribution in [-0.4, -0.2) is 25.2 Å². The lowest BCUT2D eigenvalue weighted by Gasteiger charge is -2.26. The molecular formula is C13H15NO3. The third kappa shape index (κ3) is 1.95. The summed E-state index contributed by atoms with van der Waals surface area (Å²) in [4.78, 5) is 12.0. The predicted molar refractivity (Wildman–Crippen MR) is 63.5 cm³/mol. The summed E-state index contributed by atoms with van der Waals surface area (Å²) in [5, 5.41) is 3.21. The van der Waals surface area contributed by atoms with Crippen molar-refractivity contribution in [1.29, 1.82) is 0 Å². The van der Waals surface area contributed by atoms with Crippen molar-refractivity contribution in [3.8, 4) is 5.75 Å². The molecular weight excluding hydrogens is 218 g/mol. The third-order valence-electron chi connectivity index (χ3n) is 3.22. The lowest BCUT2D eigenvalue weighted by molar-refractivity contribution is 0.00864. The Kier molecular flexibility index (Phi) is 2.63. The minimum absolute atomic E-state index is 0.106. The fraction of sp³-hybridized carbons (Fsp3) is 0.462. The van der Waals surface area contributed by atoms with E-state index in [1.165, 1.54) is 0 Å². The number of carbonyl (C=O) groups excluding carboxylic acids is 1. The van der Waals surface area contributed by atoms with Crippen LogP contribution in [0, 0.1) is 0 Å². The molecule has 0 radical (unpaired) electrons. The van der Waals surface area contributed by atoms with Crippen LogP contribution in [0.4, 0.5) is 5.69 Å². The first kappa shape index (κ1) is 10.4. The molecule has 0 saturated heterocycles. The molecule has 0 spiro atoms. The molecule has 0 aromatic heterocycles. The van der Waals surface area contributed by atoms with Crippen molar-refractivity contribution in [1.82, 2.24) is 0 Å². The molecule has 4 nitrogen and oxygen atoms in total. The van der Waals surface area contributed by atoms with E-state index in [-0.39, 0.29) is 12.1 Å². The Hall–Kier alpha value is -1.71. The molecule has 1 aliphatic carbocycles. The summed E-state index contributed by atoms with van der Waals surface area (Å²) in [7, 11) is 0. The number of hydrogen-bond donors (Lipinski definition) is 1. The van der Waals surface area contributed by atoms with E-state index in [1.807, 2.05) is 12.1 Å². The van der Waals surface area contributed by atoms with Crippen LogP contribution in [0.25, 0.3) is 0 Å². The molecule has 0 unspecified atom stereocenters. The molecule has 1 aromatic carbocycles. The molecule has 1 fully saturated rings. The van der Waals surface area contributed by atoms with Crippen LogP contribution in [0.3, 0.4) is 0 Å². The number of anilines is 1. The van der Waals surface area contributed by atoms with Gasteiger partial charge in [0.05, 0.1) is 5.69 Å². The molecule has 1 N–H and O–H groups in total. The number of rotatable bonds is 2. The highest BCUT2D eigenvalue weighted by molar-refractivity contribution is 5.95. The van der Waals surface area contributed by atoms with E-state index in [1.54, 1.807) is 6.07 Å². The van der Waals surface area contributed by atoms with E-state index in [9.17, 15) is 4.79 Å². The normalized spacial score (nSPS) is 18.4. The van der Waals surface area contributed by atoms with Crippen LogP contribution in [0.5, 0.6) is 5.75 Å². The van der Waals surface area contributed by atoms with Gasteiger partial charge >= 0.3 is 5.97 Å². The summed E-state index contributed by atoms with van der Waals surface area (Å²) in [5.74, 6) is 0.360. The summed E-state index contributed by atoms with van der Waals surface area (Å²) in [6, 6.07) is 5.51. The molecule has 0 bridgehead atoms. The zero-order valence-electron chi connectivity index (χ0n) is 9.57. The number of hydrogen-bond acceptors (Lipinski definition) is 4. The monoisotopic (exact) mass is 233 g/mol. The topological polar surface area (TPSA) is 47.6 Å². The Bertz CT molecular complexity index is 440. The highest BCUT2D eigenvalue weighted by atomic mass is 16.5. The number of fused-ring (bicyclic) bond motifs is 1. The van der Waals surface area contributed by atoms with Gasteiger partial charge in [0, 0.05) is 6.54 Å². The molecule has 0 atom stereocenters. The first-order valence-corrected chi connectivity index (χ1v) is 6.05. The number of ether oxygens (including phenoxy) is 2.